The molecule has 0 radical (unpaired) electrons. The Morgan fingerprint density at radius 3 is 2.77 bits per heavy atom. The lowest BCUT2D eigenvalue weighted by molar-refractivity contribution is 0.174. The van der Waals surface area contributed by atoms with Crippen LogP contribution in [0, 0.1) is 0 Å². The minimum absolute atomic E-state index is 0.362. The zero-order chi connectivity index (χ0) is 8.84. The van der Waals surface area contributed by atoms with E-state index in [1.54, 1.807) is 0 Å². The zero-order valence-corrected chi connectivity index (χ0v) is 7.46. The van der Waals surface area contributed by atoms with E-state index in [-0.39, 0.29) is 0 Å². The smallest absolute Gasteiger partial charge is 0.231 e. The predicted molar refractivity (Wildman–Crippen MR) is 49.9 cm³/mol. The van der Waals surface area contributed by atoms with Gasteiger partial charge in [-0.3, -0.25) is 0 Å². The second-order valence-corrected chi connectivity index (χ2v) is 3.45. The molecule has 0 atom stereocenters. The number of allylic oxidation sites excluding steroid dienone is 2. The van der Waals surface area contributed by atoms with Gasteiger partial charge in [0.05, 0.1) is 0 Å². The lowest BCUT2D eigenvalue weighted by Gasteiger charge is -2.03. The second-order valence-electron chi connectivity index (χ2n) is 3.45. The third-order valence-corrected chi connectivity index (χ3v) is 2.65. The predicted octanol–water partition coefficient (Wildman–Crippen LogP) is 2.37. The Morgan fingerprint density at radius 1 is 1.15 bits per heavy atom. The van der Waals surface area contributed by atoms with Gasteiger partial charge in [-0.25, -0.2) is 0 Å². The Balaban J connectivity index is 2.21. The average Bonchev–Trinajstić information content (AvgIpc) is 2.70. The highest BCUT2D eigenvalue weighted by Crippen LogP contribution is 2.39. The second kappa shape index (κ2) is 2.28. The highest BCUT2D eigenvalue weighted by molar-refractivity contribution is 5.74. The van der Waals surface area contributed by atoms with Crippen LogP contribution in [0.5, 0.6) is 11.5 Å². The molecule has 1 aliphatic carbocycles. The monoisotopic (exact) mass is 174 g/mol. The molecule has 0 unspecified atom stereocenters. The first-order valence-electron chi connectivity index (χ1n) is 4.44. The average molecular weight is 174 g/mol. The van der Waals surface area contributed by atoms with Crippen LogP contribution >= 0.6 is 0 Å². The first kappa shape index (κ1) is 7.01. The van der Waals surface area contributed by atoms with Crippen LogP contribution < -0.4 is 9.47 Å². The SMILES string of the molecule is CC1=CCc2cc3c(cc21)OCO3. The minimum Gasteiger partial charge on any atom is -0.454 e. The highest BCUT2D eigenvalue weighted by Gasteiger charge is 2.19. The van der Waals surface area contributed by atoms with Gasteiger partial charge in [-0.2, -0.15) is 0 Å². The van der Waals surface area contributed by atoms with E-state index in [4.69, 9.17) is 9.47 Å². The van der Waals surface area contributed by atoms with E-state index in [2.05, 4.69) is 25.1 Å². The summed E-state index contributed by atoms with van der Waals surface area (Å²) in [6.07, 6.45) is 3.26. The summed E-state index contributed by atoms with van der Waals surface area (Å²) in [5, 5.41) is 0. The fourth-order valence-electron chi connectivity index (χ4n) is 1.89. The van der Waals surface area contributed by atoms with E-state index in [1.165, 1.54) is 16.7 Å². The molecule has 66 valence electrons. The number of ether oxygens (including phenoxy) is 2. The molecule has 0 bridgehead atoms. The van der Waals surface area contributed by atoms with Gasteiger partial charge in [-0.15, -0.1) is 0 Å². The van der Waals surface area contributed by atoms with Crippen molar-refractivity contribution in [3.05, 3.63) is 29.3 Å². The van der Waals surface area contributed by atoms with Crippen LogP contribution in [0.1, 0.15) is 18.1 Å². The lowest BCUT2D eigenvalue weighted by atomic mass is 10.1. The minimum atomic E-state index is 0.362. The first-order valence-corrected chi connectivity index (χ1v) is 4.44. The number of rotatable bonds is 0. The summed E-state index contributed by atoms with van der Waals surface area (Å²) < 4.78 is 10.6. The van der Waals surface area contributed by atoms with Crippen molar-refractivity contribution in [3.63, 3.8) is 0 Å². The van der Waals surface area contributed by atoms with E-state index in [1.807, 2.05) is 0 Å². The Kier molecular flexibility index (Phi) is 1.23. The summed E-state index contributed by atoms with van der Waals surface area (Å²) in [4.78, 5) is 0. The molecule has 2 aliphatic rings. The van der Waals surface area contributed by atoms with Crippen molar-refractivity contribution in [2.45, 2.75) is 13.3 Å². The normalized spacial score (nSPS) is 17.2. The third kappa shape index (κ3) is 0.886. The van der Waals surface area contributed by atoms with Crippen molar-refractivity contribution in [1.29, 1.82) is 0 Å². The summed E-state index contributed by atoms with van der Waals surface area (Å²) in [5.41, 5.74) is 4.00. The van der Waals surface area contributed by atoms with Crippen molar-refractivity contribution in [1.82, 2.24) is 0 Å². The molecular weight excluding hydrogens is 164 g/mol. The molecule has 1 aromatic rings. The van der Waals surface area contributed by atoms with E-state index in [9.17, 15) is 0 Å². The maximum atomic E-state index is 5.32. The van der Waals surface area contributed by atoms with E-state index < -0.39 is 0 Å². The van der Waals surface area contributed by atoms with E-state index in [0.29, 0.717) is 6.79 Å². The standard InChI is InChI=1S/C11H10O2/c1-7-2-3-8-4-10-11(5-9(7)8)13-6-12-10/h2,4-5H,3,6H2,1H3. The Hall–Kier alpha value is -1.44. The van der Waals surface area contributed by atoms with Gasteiger partial charge in [0.25, 0.3) is 0 Å². The number of benzene rings is 1. The molecule has 0 saturated heterocycles. The molecule has 1 aliphatic heterocycles. The van der Waals surface area contributed by atoms with Crippen LogP contribution in [0.4, 0.5) is 0 Å². The molecule has 0 amide bonds. The Bertz CT molecular complexity index is 405. The van der Waals surface area contributed by atoms with Crippen molar-refractivity contribution in [3.8, 4) is 11.5 Å². The van der Waals surface area contributed by atoms with Crippen LogP contribution in [-0.2, 0) is 6.42 Å². The Labute approximate surface area is 76.8 Å². The van der Waals surface area contributed by atoms with Crippen molar-refractivity contribution in [2.24, 2.45) is 0 Å². The molecule has 2 nitrogen and oxygen atoms in total. The molecule has 13 heavy (non-hydrogen) atoms. The molecule has 3 rings (SSSR count). The molecule has 0 spiro atoms. The zero-order valence-electron chi connectivity index (χ0n) is 7.46. The highest BCUT2D eigenvalue weighted by atomic mass is 16.7. The van der Waals surface area contributed by atoms with Gasteiger partial charge in [0.15, 0.2) is 11.5 Å². The van der Waals surface area contributed by atoms with Gasteiger partial charge in [-0.1, -0.05) is 6.08 Å². The van der Waals surface area contributed by atoms with Crippen LogP contribution in [-0.4, -0.2) is 6.79 Å². The molecule has 0 fully saturated rings. The molecule has 2 heteroatoms. The van der Waals surface area contributed by atoms with Crippen LogP contribution in [0.2, 0.25) is 0 Å². The number of hydrogen-bond acceptors (Lipinski definition) is 2. The summed E-state index contributed by atoms with van der Waals surface area (Å²) in [6, 6.07) is 4.17. The topological polar surface area (TPSA) is 18.5 Å². The van der Waals surface area contributed by atoms with Gasteiger partial charge in [0.1, 0.15) is 0 Å². The van der Waals surface area contributed by atoms with E-state index in [0.717, 1.165) is 17.9 Å². The maximum absolute atomic E-state index is 5.32. The molecule has 0 N–H and O–H groups in total. The molecule has 0 aromatic heterocycles. The maximum Gasteiger partial charge on any atom is 0.231 e. The molecular formula is C11H10O2. The van der Waals surface area contributed by atoms with Gasteiger partial charge in [-0.05, 0) is 42.2 Å². The Morgan fingerprint density at radius 2 is 1.92 bits per heavy atom. The molecule has 1 aromatic carbocycles. The van der Waals surface area contributed by atoms with Gasteiger partial charge in [0.2, 0.25) is 6.79 Å². The van der Waals surface area contributed by atoms with Gasteiger partial charge < -0.3 is 9.47 Å². The summed E-state index contributed by atoms with van der Waals surface area (Å²) in [6.45, 7) is 2.50. The van der Waals surface area contributed by atoms with Crippen molar-refractivity contribution < 1.29 is 9.47 Å². The number of fused-ring (bicyclic) bond motifs is 2. The summed E-state index contributed by atoms with van der Waals surface area (Å²) >= 11 is 0. The van der Waals surface area contributed by atoms with Crippen LogP contribution in [0.15, 0.2) is 18.2 Å². The number of hydrogen-bond donors (Lipinski definition) is 0. The van der Waals surface area contributed by atoms with Crippen LogP contribution in [0.3, 0.4) is 0 Å². The molecule has 1 heterocycles. The van der Waals surface area contributed by atoms with Gasteiger partial charge in [0, 0.05) is 0 Å². The van der Waals surface area contributed by atoms with Crippen molar-refractivity contribution in [2.75, 3.05) is 6.79 Å². The molecule has 0 saturated carbocycles. The largest absolute Gasteiger partial charge is 0.454 e. The van der Waals surface area contributed by atoms with E-state index >= 15 is 0 Å². The lowest BCUT2D eigenvalue weighted by Crippen LogP contribution is -1.92. The first-order chi connectivity index (χ1) is 6.34. The van der Waals surface area contributed by atoms with Crippen LogP contribution in [0.25, 0.3) is 5.57 Å². The fraction of sp³-hybridized carbons (Fsp3) is 0.273. The quantitative estimate of drug-likeness (QED) is 0.601. The summed E-state index contributed by atoms with van der Waals surface area (Å²) in [5.74, 6) is 1.77. The van der Waals surface area contributed by atoms with Crippen molar-refractivity contribution >= 4 is 5.57 Å². The third-order valence-electron chi connectivity index (χ3n) is 2.65. The fourth-order valence-corrected chi connectivity index (χ4v) is 1.89. The van der Waals surface area contributed by atoms with Gasteiger partial charge >= 0.3 is 0 Å². The summed E-state index contributed by atoms with van der Waals surface area (Å²) in [7, 11) is 0.